The maximum Gasteiger partial charge on any atom is 0.124 e. The second-order valence-corrected chi connectivity index (χ2v) is 4.73. The minimum Gasteiger partial charge on any atom is -0.378 e. The van der Waals surface area contributed by atoms with E-state index in [9.17, 15) is 4.39 Å². The molecule has 1 unspecified atom stereocenters. The second kappa shape index (κ2) is 4.85. The summed E-state index contributed by atoms with van der Waals surface area (Å²) in [5.41, 5.74) is 1.95. The average Bonchev–Trinajstić information content (AvgIpc) is 2.70. The second-order valence-electron chi connectivity index (χ2n) is 3.54. The van der Waals surface area contributed by atoms with Crippen molar-refractivity contribution in [1.82, 2.24) is 0 Å². The van der Waals surface area contributed by atoms with Gasteiger partial charge in [0.15, 0.2) is 0 Å². The van der Waals surface area contributed by atoms with Gasteiger partial charge >= 0.3 is 0 Å². The van der Waals surface area contributed by atoms with Gasteiger partial charge in [-0.05, 0) is 36.1 Å². The van der Waals surface area contributed by atoms with Crippen LogP contribution in [0.25, 0.3) is 0 Å². The van der Waals surface area contributed by atoms with Crippen molar-refractivity contribution >= 4 is 28.6 Å². The van der Waals surface area contributed by atoms with Crippen LogP contribution in [0, 0.1) is 5.82 Å². The molecule has 4 heteroatoms. The molecule has 0 amide bonds. The molecule has 0 bridgehead atoms. The summed E-state index contributed by atoms with van der Waals surface area (Å²) in [5, 5.41) is 7.78. The van der Waals surface area contributed by atoms with Gasteiger partial charge in [-0.25, -0.2) is 4.39 Å². The van der Waals surface area contributed by atoms with E-state index in [0.717, 1.165) is 11.3 Å². The van der Waals surface area contributed by atoms with Gasteiger partial charge in [-0.2, -0.15) is 11.3 Å². The van der Waals surface area contributed by atoms with Crippen LogP contribution < -0.4 is 5.32 Å². The molecule has 1 nitrogen and oxygen atoms in total. The number of rotatable bonds is 3. The molecule has 0 fully saturated rings. The predicted molar refractivity (Wildman–Crippen MR) is 67.8 cm³/mol. The minimum absolute atomic E-state index is 0.0581. The zero-order chi connectivity index (χ0) is 11.5. The monoisotopic (exact) mass is 255 g/mol. The third-order valence-corrected chi connectivity index (χ3v) is 3.34. The summed E-state index contributed by atoms with van der Waals surface area (Å²) in [7, 11) is 0. The maximum absolute atomic E-state index is 12.9. The van der Waals surface area contributed by atoms with E-state index in [-0.39, 0.29) is 11.9 Å². The van der Waals surface area contributed by atoms with Gasteiger partial charge in [0, 0.05) is 16.1 Å². The summed E-state index contributed by atoms with van der Waals surface area (Å²) in [4.78, 5) is 0. The summed E-state index contributed by atoms with van der Waals surface area (Å²) in [6, 6.07) is 6.53. The van der Waals surface area contributed by atoms with Crippen molar-refractivity contribution in [2.75, 3.05) is 5.32 Å². The average molecular weight is 256 g/mol. The van der Waals surface area contributed by atoms with Gasteiger partial charge in [-0.1, -0.05) is 17.7 Å². The molecule has 0 saturated carbocycles. The Morgan fingerprint density at radius 1 is 1.38 bits per heavy atom. The Morgan fingerprint density at radius 3 is 2.81 bits per heavy atom. The number of nitrogens with one attached hydrogen (secondary N) is 1. The Kier molecular flexibility index (Phi) is 3.46. The third-order valence-electron chi connectivity index (χ3n) is 2.33. The summed E-state index contributed by atoms with van der Waals surface area (Å²) in [6.07, 6.45) is 0. The van der Waals surface area contributed by atoms with Crippen molar-refractivity contribution in [3.63, 3.8) is 0 Å². The van der Waals surface area contributed by atoms with E-state index in [1.54, 1.807) is 17.4 Å². The maximum atomic E-state index is 12.9. The zero-order valence-electron chi connectivity index (χ0n) is 8.71. The lowest BCUT2D eigenvalue weighted by Crippen LogP contribution is -2.06. The molecule has 84 valence electrons. The van der Waals surface area contributed by atoms with Gasteiger partial charge in [0.2, 0.25) is 0 Å². The molecule has 1 heterocycles. The fourth-order valence-corrected chi connectivity index (χ4v) is 2.45. The molecule has 1 atom stereocenters. The SMILES string of the molecule is CC(Nc1ccsc1)c1ccc(F)cc1Cl. The molecule has 0 spiro atoms. The van der Waals surface area contributed by atoms with Crippen LogP contribution in [0.5, 0.6) is 0 Å². The standard InChI is InChI=1S/C12H11ClFNS/c1-8(15-10-4-5-16-7-10)11-3-2-9(14)6-12(11)13/h2-8,15H,1H3. The largest absolute Gasteiger partial charge is 0.378 e. The molecular weight excluding hydrogens is 245 g/mol. The van der Waals surface area contributed by atoms with Crippen LogP contribution in [-0.4, -0.2) is 0 Å². The molecule has 0 aliphatic carbocycles. The number of benzene rings is 1. The van der Waals surface area contributed by atoms with E-state index >= 15 is 0 Å². The third kappa shape index (κ3) is 2.54. The number of halogens is 2. The fraction of sp³-hybridized carbons (Fsp3) is 0.167. The van der Waals surface area contributed by atoms with Crippen molar-refractivity contribution in [1.29, 1.82) is 0 Å². The summed E-state index contributed by atoms with van der Waals surface area (Å²) >= 11 is 7.62. The molecule has 0 aliphatic heterocycles. The molecule has 0 radical (unpaired) electrons. The summed E-state index contributed by atoms with van der Waals surface area (Å²) < 4.78 is 12.9. The van der Waals surface area contributed by atoms with E-state index in [2.05, 4.69) is 5.32 Å². The van der Waals surface area contributed by atoms with E-state index in [1.165, 1.54) is 12.1 Å². The zero-order valence-corrected chi connectivity index (χ0v) is 10.3. The highest BCUT2D eigenvalue weighted by Crippen LogP contribution is 2.27. The van der Waals surface area contributed by atoms with Crippen LogP contribution in [-0.2, 0) is 0 Å². The van der Waals surface area contributed by atoms with Crippen LogP contribution >= 0.6 is 22.9 Å². The number of anilines is 1. The normalized spacial score (nSPS) is 12.4. The molecule has 2 aromatic rings. The topological polar surface area (TPSA) is 12.0 Å². The molecule has 2 rings (SSSR count). The highest BCUT2D eigenvalue weighted by molar-refractivity contribution is 7.08. The Labute approximate surface area is 103 Å². The van der Waals surface area contributed by atoms with Gasteiger partial charge in [-0.15, -0.1) is 0 Å². The minimum atomic E-state index is -0.309. The first-order valence-corrected chi connectivity index (χ1v) is 6.22. The first-order chi connectivity index (χ1) is 7.66. The van der Waals surface area contributed by atoms with Gasteiger partial charge in [0.25, 0.3) is 0 Å². The lowest BCUT2D eigenvalue weighted by Gasteiger charge is -2.15. The Hall–Kier alpha value is -1.06. The van der Waals surface area contributed by atoms with Gasteiger partial charge in [-0.3, -0.25) is 0 Å². The Bertz CT molecular complexity index is 470. The van der Waals surface area contributed by atoms with Crippen molar-refractivity contribution in [3.8, 4) is 0 Å². The lowest BCUT2D eigenvalue weighted by atomic mass is 10.1. The van der Waals surface area contributed by atoms with Crippen molar-refractivity contribution in [3.05, 3.63) is 51.4 Å². The van der Waals surface area contributed by atoms with Crippen molar-refractivity contribution in [2.24, 2.45) is 0 Å². The van der Waals surface area contributed by atoms with Crippen LogP contribution in [0.4, 0.5) is 10.1 Å². The van der Waals surface area contributed by atoms with Gasteiger partial charge < -0.3 is 5.32 Å². The van der Waals surface area contributed by atoms with E-state index in [1.807, 2.05) is 23.8 Å². The van der Waals surface area contributed by atoms with Crippen LogP contribution in [0.3, 0.4) is 0 Å². The van der Waals surface area contributed by atoms with Crippen LogP contribution in [0.1, 0.15) is 18.5 Å². The van der Waals surface area contributed by atoms with Crippen LogP contribution in [0.15, 0.2) is 35.0 Å². The van der Waals surface area contributed by atoms with E-state index < -0.39 is 0 Å². The smallest absolute Gasteiger partial charge is 0.124 e. The van der Waals surface area contributed by atoms with Gasteiger partial charge in [0.1, 0.15) is 5.82 Å². The molecule has 0 aliphatic rings. The molecule has 16 heavy (non-hydrogen) atoms. The first-order valence-electron chi connectivity index (χ1n) is 4.90. The van der Waals surface area contributed by atoms with Crippen molar-refractivity contribution in [2.45, 2.75) is 13.0 Å². The first kappa shape index (κ1) is 11.4. The predicted octanol–water partition coefficient (Wildman–Crippen LogP) is 4.71. The Balaban J connectivity index is 2.17. The van der Waals surface area contributed by atoms with Crippen LogP contribution in [0.2, 0.25) is 5.02 Å². The Morgan fingerprint density at radius 2 is 2.19 bits per heavy atom. The summed E-state index contributed by atoms with van der Waals surface area (Å²) in [5.74, 6) is -0.309. The number of hydrogen-bond acceptors (Lipinski definition) is 2. The highest BCUT2D eigenvalue weighted by Gasteiger charge is 2.10. The van der Waals surface area contributed by atoms with E-state index in [0.29, 0.717) is 5.02 Å². The van der Waals surface area contributed by atoms with Crippen molar-refractivity contribution < 1.29 is 4.39 Å². The molecule has 1 aromatic heterocycles. The molecule has 0 saturated heterocycles. The van der Waals surface area contributed by atoms with Gasteiger partial charge in [0.05, 0.1) is 6.04 Å². The number of thiophene rings is 1. The highest BCUT2D eigenvalue weighted by atomic mass is 35.5. The number of hydrogen-bond donors (Lipinski definition) is 1. The molecule has 1 aromatic carbocycles. The lowest BCUT2D eigenvalue weighted by molar-refractivity contribution is 0.626. The summed E-state index contributed by atoms with van der Waals surface area (Å²) in [6.45, 7) is 2.00. The molecule has 1 N–H and O–H groups in total. The quantitative estimate of drug-likeness (QED) is 0.837. The fourth-order valence-electron chi connectivity index (χ4n) is 1.53. The van der Waals surface area contributed by atoms with E-state index in [4.69, 9.17) is 11.6 Å². The molecular formula is C12H11ClFNS.